The molecule has 0 spiro atoms. The fraction of sp³-hybridized carbons (Fsp3) is 0.222. The minimum Gasteiger partial charge on any atom is -0.504 e. The molecule has 0 fully saturated rings. The van der Waals surface area contributed by atoms with Crippen LogP contribution in [0.3, 0.4) is 0 Å². The Labute approximate surface area is 150 Å². The van der Waals surface area contributed by atoms with Crippen molar-refractivity contribution in [1.29, 1.82) is 0 Å². The first-order chi connectivity index (χ1) is 12.6. The van der Waals surface area contributed by atoms with E-state index < -0.39 is 0 Å². The van der Waals surface area contributed by atoms with Crippen LogP contribution in [0.1, 0.15) is 0 Å². The fourth-order valence-corrected chi connectivity index (χ4v) is 2.64. The van der Waals surface area contributed by atoms with E-state index in [1.54, 1.807) is 62.5 Å². The molecule has 1 heterocycles. The van der Waals surface area contributed by atoms with E-state index in [1.807, 2.05) is 0 Å². The Bertz CT molecular complexity index is 923. The normalized spacial score (nSPS) is 10.5. The Kier molecular flexibility index (Phi) is 4.83. The van der Waals surface area contributed by atoms with Gasteiger partial charge in [-0.25, -0.2) is 4.68 Å². The van der Waals surface area contributed by atoms with Crippen molar-refractivity contribution in [1.82, 2.24) is 15.0 Å². The van der Waals surface area contributed by atoms with Gasteiger partial charge in [-0.3, -0.25) is 0 Å². The summed E-state index contributed by atoms with van der Waals surface area (Å²) < 4.78 is 22.8. The van der Waals surface area contributed by atoms with Gasteiger partial charge in [0.05, 0.1) is 40.3 Å². The summed E-state index contributed by atoms with van der Waals surface area (Å²) in [7, 11) is 6.16. The molecule has 1 aromatic heterocycles. The number of hydrogen-bond donors (Lipinski definition) is 1. The van der Waals surface area contributed by atoms with E-state index in [9.17, 15) is 5.11 Å². The van der Waals surface area contributed by atoms with Gasteiger partial charge in [0, 0.05) is 17.7 Å². The van der Waals surface area contributed by atoms with E-state index in [0.717, 1.165) is 0 Å². The largest absolute Gasteiger partial charge is 0.504 e. The van der Waals surface area contributed by atoms with Gasteiger partial charge in [0.15, 0.2) is 23.0 Å². The Hall–Kier alpha value is -3.42. The second kappa shape index (κ2) is 7.22. The van der Waals surface area contributed by atoms with Gasteiger partial charge in [-0.05, 0) is 18.2 Å². The molecule has 8 heteroatoms. The maximum Gasteiger partial charge on any atom is 0.164 e. The highest BCUT2D eigenvalue weighted by atomic mass is 16.5. The van der Waals surface area contributed by atoms with Gasteiger partial charge in [-0.1, -0.05) is 5.21 Å². The highest BCUT2D eigenvalue weighted by Crippen LogP contribution is 2.38. The third kappa shape index (κ3) is 2.97. The number of ether oxygens (including phenoxy) is 4. The molecule has 2 aromatic carbocycles. The highest BCUT2D eigenvalue weighted by Gasteiger charge is 2.18. The van der Waals surface area contributed by atoms with Crippen molar-refractivity contribution in [2.75, 3.05) is 28.4 Å². The van der Waals surface area contributed by atoms with Crippen LogP contribution >= 0.6 is 0 Å². The van der Waals surface area contributed by atoms with Crippen molar-refractivity contribution >= 4 is 0 Å². The zero-order valence-corrected chi connectivity index (χ0v) is 14.9. The fourth-order valence-electron chi connectivity index (χ4n) is 2.64. The van der Waals surface area contributed by atoms with Gasteiger partial charge in [0.1, 0.15) is 11.4 Å². The molecule has 136 valence electrons. The van der Waals surface area contributed by atoms with E-state index in [0.29, 0.717) is 39.9 Å². The summed E-state index contributed by atoms with van der Waals surface area (Å²) in [5, 5.41) is 18.2. The van der Waals surface area contributed by atoms with E-state index in [1.165, 1.54) is 7.11 Å². The van der Waals surface area contributed by atoms with Crippen molar-refractivity contribution in [3.05, 3.63) is 36.5 Å². The number of hydrogen-bond acceptors (Lipinski definition) is 7. The molecule has 0 radical (unpaired) electrons. The third-order valence-electron chi connectivity index (χ3n) is 3.94. The molecule has 0 aliphatic rings. The maximum atomic E-state index is 10.1. The number of phenolic OH excluding ortho intramolecular Hbond substituents is 1. The van der Waals surface area contributed by atoms with Crippen LogP contribution in [0.2, 0.25) is 0 Å². The number of rotatable bonds is 6. The Morgan fingerprint density at radius 2 is 1.46 bits per heavy atom. The number of methoxy groups -OCH3 is 4. The lowest BCUT2D eigenvalue weighted by molar-refractivity contribution is 0.348. The molecular formula is C18H19N3O5. The van der Waals surface area contributed by atoms with Crippen molar-refractivity contribution in [3.63, 3.8) is 0 Å². The molecule has 0 aliphatic heterocycles. The molecule has 3 aromatic rings. The number of benzene rings is 2. The average Bonchev–Trinajstić information content (AvgIpc) is 3.16. The van der Waals surface area contributed by atoms with E-state index in [4.69, 9.17) is 18.9 Å². The van der Waals surface area contributed by atoms with E-state index in [2.05, 4.69) is 10.3 Å². The van der Waals surface area contributed by atoms with Gasteiger partial charge >= 0.3 is 0 Å². The number of aromatic hydroxyl groups is 1. The molecule has 0 saturated heterocycles. The molecule has 0 amide bonds. The molecule has 1 N–H and O–H groups in total. The van der Waals surface area contributed by atoms with Crippen LogP contribution < -0.4 is 18.9 Å². The summed E-state index contributed by atoms with van der Waals surface area (Å²) >= 11 is 0. The van der Waals surface area contributed by atoms with Gasteiger partial charge in [0.25, 0.3) is 0 Å². The summed E-state index contributed by atoms with van der Waals surface area (Å²) in [6, 6.07) is 8.53. The Morgan fingerprint density at radius 3 is 2.08 bits per heavy atom. The second-order valence-electron chi connectivity index (χ2n) is 5.30. The first-order valence-electron chi connectivity index (χ1n) is 7.71. The zero-order valence-electron chi connectivity index (χ0n) is 14.9. The minimum absolute atomic E-state index is 0.0250. The van der Waals surface area contributed by atoms with Crippen molar-refractivity contribution in [2.24, 2.45) is 0 Å². The van der Waals surface area contributed by atoms with Gasteiger partial charge in [0.2, 0.25) is 0 Å². The van der Waals surface area contributed by atoms with Crippen LogP contribution in [0.25, 0.3) is 16.9 Å². The quantitative estimate of drug-likeness (QED) is 0.725. The van der Waals surface area contributed by atoms with Crippen LogP contribution in [0.15, 0.2) is 36.5 Å². The van der Waals surface area contributed by atoms with Gasteiger partial charge in [-0.15, -0.1) is 5.10 Å². The molecule has 0 unspecified atom stereocenters. The number of aromatic nitrogens is 3. The monoisotopic (exact) mass is 357 g/mol. The topological polar surface area (TPSA) is 87.9 Å². The molecule has 3 rings (SSSR count). The van der Waals surface area contributed by atoms with Crippen molar-refractivity contribution in [3.8, 4) is 45.7 Å². The van der Waals surface area contributed by atoms with Crippen LogP contribution in [0.4, 0.5) is 0 Å². The predicted octanol–water partition coefficient (Wildman–Crippen LogP) is 2.67. The van der Waals surface area contributed by atoms with Crippen molar-refractivity contribution < 1.29 is 24.1 Å². The zero-order chi connectivity index (χ0) is 18.7. The lowest BCUT2D eigenvalue weighted by atomic mass is 10.1. The molecule has 0 bridgehead atoms. The van der Waals surface area contributed by atoms with Crippen LogP contribution in [0.5, 0.6) is 28.7 Å². The van der Waals surface area contributed by atoms with Crippen LogP contribution in [-0.2, 0) is 0 Å². The first kappa shape index (κ1) is 17.4. The summed E-state index contributed by atoms with van der Waals surface area (Å²) in [5.41, 5.74) is 1.99. The molecule has 8 nitrogen and oxygen atoms in total. The number of nitrogens with zero attached hydrogens (tertiary/aromatic N) is 3. The van der Waals surface area contributed by atoms with Gasteiger partial charge in [-0.2, -0.15) is 0 Å². The van der Waals surface area contributed by atoms with Crippen LogP contribution in [0, 0.1) is 0 Å². The second-order valence-corrected chi connectivity index (χ2v) is 5.30. The van der Waals surface area contributed by atoms with Crippen LogP contribution in [-0.4, -0.2) is 48.5 Å². The lowest BCUT2D eigenvalue weighted by Crippen LogP contribution is -2.04. The lowest BCUT2D eigenvalue weighted by Gasteiger charge is -2.15. The molecule has 0 saturated carbocycles. The highest BCUT2D eigenvalue weighted by molar-refractivity contribution is 5.67. The van der Waals surface area contributed by atoms with Crippen molar-refractivity contribution in [2.45, 2.75) is 0 Å². The molecular weight excluding hydrogens is 338 g/mol. The molecule has 26 heavy (non-hydrogen) atoms. The predicted molar refractivity (Wildman–Crippen MR) is 94.7 cm³/mol. The Balaban J connectivity index is 2.15. The minimum atomic E-state index is 0.0250. The van der Waals surface area contributed by atoms with E-state index in [-0.39, 0.29) is 5.75 Å². The third-order valence-corrected chi connectivity index (χ3v) is 3.94. The Morgan fingerprint density at radius 1 is 0.808 bits per heavy atom. The van der Waals surface area contributed by atoms with Gasteiger partial charge < -0.3 is 24.1 Å². The SMILES string of the molecule is COc1ccc(-c2cnnn2-c2cc(OC)c(OC)cc2OC)cc1O. The summed E-state index contributed by atoms with van der Waals surface area (Å²) in [6.07, 6.45) is 1.59. The summed E-state index contributed by atoms with van der Waals surface area (Å²) in [5.74, 6) is 2.01. The summed E-state index contributed by atoms with van der Waals surface area (Å²) in [6.45, 7) is 0. The van der Waals surface area contributed by atoms with E-state index >= 15 is 0 Å². The molecule has 0 atom stereocenters. The number of phenols is 1. The summed E-state index contributed by atoms with van der Waals surface area (Å²) in [4.78, 5) is 0. The average molecular weight is 357 g/mol. The smallest absolute Gasteiger partial charge is 0.164 e. The maximum absolute atomic E-state index is 10.1. The standard InChI is InChI=1S/C18H19N3O5/c1-23-15-6-5-11(7-14(15)22)13-10-19-20-21(13)12-8-17(25-3)18(26-4)9-16(12)24-2/h5-10,22H,1-4H3. The first-order valence-corrected chi connectivity index (χ1v) is 7.71. The molecule has 0 aliphatic carbocycles.